The molecule has 2 fully saturated rings. The Morgan fingerprint density at radius 2 is 2.18 bits per heavy atom. The zero-order chi connectivity index (χ0) is 8.11. The fourth-order valence-corrected chi connectivity index (χ4v) is 5.16. The summed E-state index contributed by atoms with van der Waals surface area (Å²) in [6.45, 7) is 2.45. The minimum Gasteiger partial charge on any atom is -0.146 e. The Kier molecular flexibility index (Phi) is 1.85. The van der Waals surface area contributed by atoms with E-state index in [9.17, 15) is 0 Å². The van der Waals surface area contributed by atoms with Crippen LogP contribution in [0.4, 0.5) is 0 Å². The van der Waals surface area contributed by atoms with Crippen molar-refractivity contribution in [3.05, 3.63) is 0 Å². The number of fused-ring (bicyclic) bond motifs is 1. The van der Waals surface area contributed by atoms with Gasteiger partial charge >= 0.3 is 0 Å². The van der Waals surface area contributed by atoms with Crippen LogP contribution in [0.5, 0.6) is 0 Å². The molecule has 2 saturated carbocycles. The summed E-state index contributed by atoms with van der Waals surface area (Å²) in [4.78, 5) is 0. The molecule has 3 atom stereocenters. The van der Waals surface area contributed by atoms with Gasteiger partial charge in [0.1, 0.15) is 0 Å². The van der Waals surface area contributed by atoms with E-state index in [1.165, 1.54) is 25.7 Å². The molecular weight excluding hydrogens is 220 g/mol. The second-order valence-electron chi connectivity index (χ2n) is 4.06. The van der Waals surface area contributed by atoms with Crippen molar-refractivity contribution in [3.8, 4) is 0 Å². The van der Waals surface area contributed by atoms with Crippen molar-refractivity contribution in [2.24, 2.45) is 11.3 Å². The van der Waals surface area contributed by atoms with E-state index in [1.807, 2.05) is 11.8 Å². The highest BCUT2D eigenvalue weighted by Crippen LogP contribution is 2.77. The van der Waals surface area contributed by atoms with Gasteiger partial charge in [-0.3, -0.25) is 0 Å². The third-order valence-corrected chi connectivity index (χ3v) is 7.42. The number of thioether (sulfide) groups is 1. The van der Waals surface area contributed by atoms with E-state index in [4.69, 9.17) is 0 Å². The normalized spacial score (nSPS) is 55.4. The standard InChI is InChI=1S/C9H15BrS/c1-8-6-4-3-5-7(8)9(8,10)11-2/h7H,3-6H2,1-2H3. The molecule has 0 aromatic rings. The van der Waals surface area contributed by atoms with Crippen LogP contribution in [0.1, 0.15) is 32.6 Å². The van der Waals surface area contributed by atoms with Crippen LogP contribution < -0.4 is 0 Å². The van der Waals surface area contributed by atoms with Gasteiger partial charge in [-0.15, -0.1) is 11.8 Å². The monoisotopic (exact) mass is 234 g/mol. The number of halogens is 1. The summed E-state index contributed by atoms with van der Waals surface area (Å²) in [7, 11) is 0. The summed E-state index contributed by atoms with van der Waals surface area (Å²) in [6.07, 6.45) is 8.01. The third-order valence-electron chi connectivity index (χ3n) is 3.65. The number of rotatable bonds is 1. The molecule has 0 N–H and O–H groups in total. The molecule has 0 aliphatic heterocycles. The van der Waals surface area contributed by atoms with Crippen LogP contribution in [0, 0.1) is 11.3 Å². The smallest absolute Gasteiger partial charge is 0.0796 e. The lowest BCUT2D eigenvalue weighted by atomic mass is 9.90. The van der Waals surface area contributed by atoms with E-state index in [0.717, 1.165) is 5.92 Å². The van der Waals surface area contributed by atoms with Crippen molar-refractivity contribution in [3.63, 3.8) is 0 Å². The molecule has 11 heavy (non-hydrogen) atoms. The SMILES string of the molecule is CSC1(Br)C2CCCCC21C. The van der Waals surface area contributed by atoms with Gasteiger partial charge in [0, 0.05) is 0 Å². The number of hydrogen-bond acceptors (Lipinski definition) is 1. The fourth-order valence-electron chi connectivity index (χ4n) is 2.75. The molecule has 2 aliphatic rings. The highest BCUT2D eigenvalue weighted by molar-refractivity contribution is 9.12. The summed E-state index contributed by atoms with van der Waals surface area (Å²) in [5.41, 5.74) is 0.630. The van der Waals surface area contributed by atoms with Gasteiger partial charge in [0.2, 0.25) is 0 Å². The third kappa shape index (κ3) is 0.888. The topological polar surface area (TPSA) is 0 Å². The predicted molar refractivity (Wildman–Crippen MR) is 55.2 cm³/mol. The average molecular weight is 235 g/mol. The molecule has 2 aliphatic carbocycles. The van der Waals surface area contributed by atoms with Gasteiger partial charge in [-0.2, -0.15) is 0 Å². The zero-order valence-electron chi connectivity index (χ0n) is 7.19. The second-order valence-corrected chi connectivity index (χ2v) is 6.89. The number of alkyl halides is 1. The molecule has 0 saturated heterocycles. The molecule has 0 spiro atoms. The molecule has 64 valence electrons. The minimum absolute atomic E-state index is 0.455. The van der Waals surface area contributed by atoms with Crippen LogP contribution in [0.2, 0.25) is 0 Å². The van der Waals surface area contributed by atoms with Gasteiger partial charge in [0.15, 0.2) is 0 Å². The Morgan fingerprint density at radius 3 is 2.64 bits per heavy atom. The van der Waals surface area contributed by atoms with Crippen molar-refractivity contribution in [2.45, 2.75) is 36.3 Å². The van der Waals surface area contributed by atoms with Gasteiger partial charge in [-0.25, -0.2) is 0 Å². The molecule has 0 nitrogen and oxygen atoms in total. The molecule has 0 aromatic heterocycles. The van der Waals surface area contributed by atoms with Gasteiger partial charge in [0.25, 0.3) is 0 Å². The Labute approximate surface area is 81.6 Å². The molecule has 3 unspecified atom stereocenters. The van der Waals surface area contributed by atoms with Crippen LogP contribution in [0.15, 0.2) is 0 Å². The Balaban J connectivity index is 2.18. The van der Waals surface area contributed by atoms with E-state index < -0.39 is 0 Å². The van der Waals surface area contributed by atoms with Gasteiger partial charge in [0.05, 0.1) is 3.66 Å². The molecule has 0 bridgehead atoms. The van der Waals surface area contributed by atoms with E-state index in [1.54, 1.807) is 0 Å². The van der Waals surface area contributed by atoms with Crippen LogP contribution >= 0.6 is 27.7 Å². The number of hydrogen-bond donors (Lipinski definition) is 0. The summed E-state index contributed by atoms with van der Waals surface area (Å²) < 4.78 is 0.455. The van der Waals surface area contributed by atoms with Gasteiger partial charge in [-0.05, 0) is 30.4 Å². The van der Waals surface area contributed by atoms with Crippen molar-refractivity contribution < 1.29 is 0 Å². The van der Waals surface area contributed by atoms with Crippen molar-refractivity contribution in [1.82, 2.24) is 0 Å². The van der Waals surface area contributed by atoms with Gasteiger partial charge < -0.3 is 0 Å². The lowest BCUT2D eigenvalue weighted by Gasteiger charge is -2.16. The minimum atomic E-state index is 0.455. The summed E-state index contributed by atoms with van der Waals surface area (Å²) in [6, 6.07) is 0. The Bertz CT molecular complexity index is 174. The highest BCUT2D eigenvalue weighted by atomic mass is 79.9. The first-order valence-corrected chi connectivity index (χ1v) is 6.41. The zero-order valence-corrected chi connectivity index (χ0v) is 9.59. The Morgan fingerprint density at radius 1 is 1.45 bits per heavy atom. The van der Waals surface area contributed by atoms with Crippen LogP contribution in [-0.2, 0) is 0 Å². The molecule has 0 amide bonds. The van der Waals surface area contributed by atoms with E-state index in [2.05, 4.69) is 29.1 Å². The lowest BCUT2D eigenvalue weighted by Crippen LogP contribution is -2.07. The molecule has 2 rings (SSSR count). The van der Waals surface area contributed by atoms with Crippen molar-refractivity contribution >= 4 is 27.7 Å². The Hall–Kier alpha value is 0.830. The maximum atomic E-state index is 3.90. The first-order valence-electron chi connectivity index (χ1n) is 4.39. The summed E-state index contributed by atoms with van der Waals surface area (Å²) in [5.74, 6) is 0.957. The maximum absolute atomic E-state index is 3.90. The summed E-state index contributed by atoms with van der Waals surface area (Å²) >= 11 is 5.91. The lowest BCUT2D eigenvalue weighted by molar-refractivity contribution is 0.366. The average Bonchev–Trinajstić information content (AvgIpc) is 2.52. The largest absolute Gasteiger partial charge is 0.146 e. The maximum Gasteiger partial charge on any atom is 0.0796 e. The van der Waals surface area contributed by atoms with E-state index in [0.29, 0.717) is 9.07 Å². The molecule has 2 heteroatoms. The van der Waals surface area contributed by atoms with E-state index >= 15 is 0 Å². The molecular formula is C9H15BrS. The first kappa shape index (κ1) is 8.43. The van der Waals surface area contributed by atoms with Crippen molar-refractivity contribution in [2.75, 3.05) is 6.26 Å². The van der Waals surface area contributed by atoms with Gasteiger partial charge in [-0.1, -0.05) is 35.7 Å². The highest BCUT2D eigenvalue weighted by Gasteiger charge is 2.72. The molecule has 0 heterocycles. The van der Waals surface area contributed by atoms with Crippen LogP contribution in [0.3, 0.4) is 0 Å². The first-order chi connectivity index (χ1) is 5.15. The summed E-state index contributed by atoms with van der Waals surface area (Å²) in [5, 5.41) is 0. The molecule has 0 aromatic carbocycles. The second kappa shape index (κ2) is 2.41. The van der Waals surface area contributed by atoms with Crippen molar-refractivity contribution in [1.29, 1.82) is 0 Å². The van der Waals surface area contributed by atoms with E-state index in [-0.39, 0.29) is 0 Å². The fraction of sp³-hybridized carbons (Fsp3) is 1.00. The van der Waals surface area contributed by atoms with Crippen LogP contribution in [-0.4, -0.2) is 9.91 Å². The quantitative estimate of drug-likeness (QED) is 0.625. The predicted octanol–water partition coefficient (Wildman–Crippen LogP) is 3.65. The molecule has 0 radical (unpaired) electrons. The van der Waals surface area contributed by atoms with Crippen LogP contribution in [0.25, 0.3) is 0 Å².